The van der Waals surface area contributed by atoms with Crippen LogP contribution < -0.4 is 10.1 Å². The van der Waals surface area contributed by atoms with Crippen LogP contribution in [0.1, 0.15) is 13.3 Å². The van der Waals surface area contributed by atoms with Crippen LogP contribution in [0.25, 0.3) is 0 Å². The summed E-state index contributed by atoms with van der Waals surface area (Å²) in [5, 5.41) is 12.8. The first-order valence-corrected chi connectivity index (χ1v) is 6.73. The molecule has 2 N–H and O–H groups in total. The van der Waals surface area contributed by atoms with Gasteiger partial charge in [0.1, 0.15) is 5.75 Å². The number of aliphatic hydroxyl groups excluding tert-OH is 1. The highest BCUT2D eigenvalue weighted by atomic mass is 79.9. The topological polar surface area (TPSA) is 41.5 Å². The average molecular weight is 323 g/mol. The molecule has 0 saturated carbocycles. The molecule has 0 saturated heterocycles. The van der Waals surface area contributed by atoms with Crippen LogP contribution in [0.15, 0.2) is 22.7 Å². The fraction of sp³-hybridized carbons (Fsp3) is 0.500. The van der Waals surface area contributed by atoms with Gasteiger partial charge in [-0.25, -0.2) is 0 Å². The summed E-state index contributed by atoms with van der Waals surface area (Å²) in [5.74, 6) is 0.699. The van der Waals surface area contributed by atoms with E-state index in [0.29, 0.717) is 23.9 Å². The van der Waals surface area contributed by atoms with Gasteiger partial charge in [-0.1, -0.05) is 27.5 Å². The minimum Gasteiger partial charge on any atom is -0.492 e. The zero-order valence-corrected chi connectivity index (χ0v) is 12.1. The van der Waals surface area contributed by atoms with Crippen molar-refractivity contribution in [1.82, 2.24) is 5.32 Å². The number of nitrogens with one attached hydrogen (secondary N) is 1. The minimum absolute atomic E-state index is 0.308. The Balaban J connectivity index is 2.18. The summed E-state index contributed by atoms with van der Waals surface area (Å²) in [6.45, 7) is 3.79. The van der Waals surface area contributed by atoms with Gasteiger partial charge < -0.3 is 15.2 Å². The average Bonchev–Trinajstić information content (AvgIpc) is 2.25. The summed E-state index contributed by atoms with van der Waals surface area (Å²) in [7, 11) is 0. The monoisotopic (exact) mass is 321 g/mol. The molecule has 0 amide bonds. The van der Waals surface area contributed by atoms with Gasteiger partial charge in [0.15, 0.2) is 0 Å². The first kappa shape index (κ1) is 14.8. The zero-order chi connectivity index (χ0) is 12.7. The summed E-state index contributed by atoms with van der Waals surface area (Å²) in [6, 6.07) is 5.55. The summed E-state index contributed by atoms with van der Waals surface area (Å²) in [5.41, 5.74) is 0. The Morgan fingerprint density at radius 1 is 1.53 bits per heavy atom. The van der Waals surface area contributed by atoms with E-state index in [-0.39, 0.29) is 6.10 Å². The third-order valence-corrected chi connectivity index (χ3v) is 2.88. The molecular formula is C12H17BrClNO2. The lowest BCUT2D eigenvalue weighted by Gasteiger charge is -2.09. The molecule has 0 heterocycles. The van der Waals surface area contributed by atoms with E-state index >= 15 is 0 Å². The van der Waals surface area contributed by atoms with Crippen molar-refractivity contribution in [3.63, 3.8) is 0 Å². The van der Waals surface area contributed by atoms with E-state index in [4.69, 9.17) is 21.4 Å². The van der Waals surface area contributed by atoms with Crippen molar-refractivity contribution in [1.29, 1.82) is 0 Å². The van der Waals surface area contributed by atoms with E-state index in [0.717, 1.165) is 17.4 Å². The normalized spacial score (nSPS) is 12.5. The number of hydrogen-bond acceptors (Lipinski definition) is 3. The van der Waals surface area contributed by atoms with Crippen LogP contribution in [0, 0.1) is 0 Å². The molecule has 0 aromatic heterocycles. The largest absolute Gasteiger partial charge is 0.492 e. The highest BCUT2D eigenvalue weighted by molar-refractivity contribution is 9.10. The first-order valence-electron chi connectivity index (χ1n) is 5.56. The van der Waals surface area contributed by atoms with E-state index in [1.807, 2.05) is 18.2 Å². The molecule has 0 aliphatic heterocycles. The van der Waals surface area contributed by atoms with Gasteiger partial charge in [0.2, 0.25) is 0 Å². The van der Waals surface area contributed by atoms with Crippen LogP contribution in [0.2, 0.25) is 5.02 Å². The highest BCUT2D eigenvalue weighted by Gasteiger charge is 2.01. The summed E-state index contributed by atoms with van der Waals surface area (Å²) in [6.07, 6.45) is 0.566. The zero-order valence-electron chi connectivity index (χ0n) is 9.75. The Labute approximate surface area is 115 Å². The Kier molecular flexibility index (Phi) is 6.89. The van der Waals surface area contributed by atoms with Crippen LogP contribution in [0.3, 0.4) is 0 Å². The SMILES string of the molecule is C[C@@H](O)CNCCCOc1ccc(Br)cc1Cl. The van der Waals surface area contributed by atoms with Gasteiger partial charge in [-0.05, 0) is 38.1 Å². The molecule has 3 nitrogen and oxygen atoms in total. The van der Waals surface area contributed by atoms with Crippen LogP contribution in [0.5, 0.6) is 5.75 Å². The lowest BCUT2D eigenvalue weighted by molar-refractivity contribution is 0.190. The Morgan fingerprint density at radius 3 is 2.94 bits per heavy atom. The summed E-state index contributed by atoms with van der Waals surface area (Å²) in [4.78, 5) is 0. The molecule has 1 aromatic rings. The van der Waals surface area contributed by atoms with Gasteiger partial charge in [0, 0.05) is 11.0 Å². The van der Waals surface area contributed by atoms with E-state index in [1.165, 1.54) is 0 Å². The van der Waals surface area contributed by atoms with Gasteiger partial charge in [0.05, 0.1) is 17.7 Å². The van der Waals surface area contributed by atoms with Gasteiger partial charge >= 0.3 is 0 Å². The number of hydrogen-bond donors (Lipinski definition) is 2. The van der Waals surface area contributed by atoms with Crippen LogP contribution in [0.4, 0.5) is 0 Å². The van der Waals surface area contributed by atoms with Crippen molar-refractivity contribution in [2.45, 2.75) is 19.4 Å². The molecule has 0 fully saturated rings. The molecule has 0 bridgehead atoms. The van der Waals surface area contributed by atoms with E-state index in [2.05, 4.69) is 21.2 Å². The smallest absolute Gasteiger partial charge is 0.137 e. The molecule has 0 aliphatic carbocycles. The molecule has 0 aliphatic rings. The molecule has 0 spiro atoms. The fourth-order valence-electron chi connectivity index (χ4n) is 1.28. The molecule has 0 unspecified atom stereocenters. The molecule has 1 rings (SSSR count). The molecular weight excluding hydrogens is 305 g/mol. The third kappa shape index (κ3) is 6.27. The van der Waals surface area contributed by atoms with E-state index in [9.17, 15) is 0 Å². The van der Waals surface area contributed by atoms with Crippen molar-refractivity contribution in [3.05, 3.63) is 27.7 Å². The summed E-state index contributed by atoms with van der Waals surface area (Å²) >= 11 is 9.35. The molecule has 5 heteroatoms. The third-order valence-electron chi connectivity index (χ3n) is 2.09. The number of rotatable bonds is 7. The summed E-state index contributed by atoms with van der Waals surface area (Å²) < 4.78 is 6.48. The lowest BCUT2D eigenvalue weighted by Crippen LogP contribution is -2.26. The van der Waals surface area contributed by atoms with Crippen molar-refractivity contribution >= 4 is 27.5 Å². The number of ether oxygens (including phenoxy) is 1. The number of aliphatic hydroxyl groups is 1. The minimum atomic E-state index is -0.308. The lowest BCUT2D eigenvalue weighted by atomic mass is 10.3. The molecule has 96 valence electrons. The maximum Gasteiger partial charge on any atom is 0.137 e. The Bertz CT molecular complexity index is 347. The number of halogens is 2. The van der Waals surface area contributed by atoms with Gasteiger partial charge in [-0.2, -0.15) is 0 Å². The van der Waals surface area contributed by atoms with Crippen molar-refractivity contribution in [2.24, 2.45) is 0 Å². The van der Waals surface area contributed by atoms with E-state index < -0.39 is 0 Å². The second-order valence-corrected chi connectivity index (χ2v) is 5.15. The van der Waals surface area contributed by atoms with Gasteiger partial charge in [0.25, 0.3) is 0 Å². The van der Waals surface area contributed by atoms with Crippen molar-refractivity contribution in [3.8, 4) is 5.75 Å². The maximum atomic E-state index is 9.03. The Hall–Kier alpha value is -0.290. The standard InChI is InChI=1S/C12H17BrClNO2/c1-9(16)8-15-5-2-6-17-12-4-3-10(13)7-11(12)14/h3-4,7,9,15-16H,2,5-6,8H2,1H3/t9-/m1/s1. The first-order chi connectivity index (χ1) is 8.09. The molecule has 1 aromatic carbocycles. The van der Waals surface area contributed by atoms with Crippen LogP contribution in [-0.2, 0) is 0 Å². The predicted octanol–water partition coefficient (Wildman–Crippen LogP) is 2.84. The second kappa shape index (κ2) is 7.93. The van der Waals surface area contributed by atoms with Crippen LogP contribution in [-0.4, -0.2) is 30.9 Å². The predicted molar refractivity (Wildman–Crippen MR) is 73.8 cm³/mol. The van der Waals surface area contributed by atoms with Crippen LogP contribution >= 0.6 is 27.5 Å². The van der Waals surface area contributed by atoms with Gasteiger partial charge in [-0.3, -0.25) is 0 Å². The van der Waals surface area contributed by atoms with Gasteiger partial charge in [-0.15, -0.1) is 0 Å². The van der Waals surface area contributed by atoms with Crippen molar-refractivity contribution < 1.29 is 9.84 Å². The quantitative estimate of drug-likeness (QED) is 0.759. The fourth-order valence-corrected chi connectivity index (χ4v) is 2.01. The number of benzene rings is 1. The van der Waals surface area contributed by atoms with Crippen molar-refractivity contribution in [2.75, 3.05) is 19.7 Å². The second-order valence-electron chi connectivity index (χ2n) is 3.83. The Morgan fingerprint density at radius 2 is 2.29 bits per heavy atom. The molecule has 0 radical (unpaired) electrons. The maximum absolute atomic E-state index is 9.03. The highest BCUT2D eigenvalue weighted by Crippen LogP contribution is 2.27. The molecule has 1 atom stereocenters. The molecule has 17 heavy (non-hydrogen) atoms. The van der Waals surface area contributed by atoms with E-state index in [1.54, 1.807) is 6.92 Å².